The molecule has 1 fully saturated rings. The first-order valence-electron chi connectivity index (χ1n) is 11.7. The summed E-state index contributed by atoms with van der Waals surface area (Å²) in [4.78, 5) is 13.3. The highest BCUT2D eigenvalue weighted by molar-refractivity contribution is 5.95. The molecule has 2 heterocycles. The molecule has 0 bridgehead atoms. The summed E-state index contributed by atoms with van der Waals surface area (Å²) in [5.41, 5.74) is 3.40. The number of carbonyl (C=O) groups excluding carboxylic acids is 1. The summed E-state index contributed by atoms with van der Waals surface area (Å²) in [7, 11) is 1.62. The number of ether oxygens (including phenoxy) is 2. The molecule has 0 unspecified atom stereocenters. The number of hydrogen-bond acceptors (Lipinski definition) is 5. The monoisotopic (exact) mass is 468 g/mol. The fourth-order valence-corrected chi connectivity index (χ4v) is 4.49. The quantitative estimate of drug-likeness (QED) is 0.360. The third kappa shape index (κ3) is 5.05. The summed E-state index contributed by atoms with van der Waals surface area (Å²) >= 11 is 0. The maximum Gasteiger partial charge on any atom is 0.251 e. The van der Waals surface area contributed by atoms with Gasteiger partial charge in [-0.2, -0.15) is 5.10 Å². The van der Waals surface area contributed by atoms with Gasteiger partial charge >= 0.3 is 0 Å². The van der Waals surface area contributed by atoms with Gasteiger partial charge in [0.1, 0.15) is 17.2 Å². The van der Waals surface area contributed by atoms with Gasteiger partial charge in [0.15, 0.2) is 0 Å². The van der Waals surface area contributed by atoms with E-state index in [1.54, 1.807) is 25.4 Å². The fourth-order valence-electron chi connectivity index (χ4n) is 4.49. The highest BCUT2D eigenvalue weighted by atomic mass is 16.5. The van der Waals surface area contributed by atoms with Crippen molar-refractivity contribution in [1.29, 1.82) is 0 Å². The Morgan fingerprint density at radius 2 is 1.66 bits per heavy atom. The number of methoxy groups -OCH3 is 1. The molecule has 0 atom stereocenters. The van der Waals surface area contributed by atoms with Crippen molar-refractivity contribution < 1.29 is 14.3 Å². The van der Waals surface area contributed by atoms with Gasteiger partial charge in [-0.15, -0.1) is 0 Å². The van der Waals surface area contributed by atoms with Crippen LogP contribution < -0.4 is 20.1 Å². The van der Waals surface area contributed by atoms with E-state index in [4.69, 9.17) is 9.47 Å². The van der Waals surface area contributed by atoms with Crippen LogP contribution in [0.15, 0.2) is 85.2 Å². The lowest BCUT2D eigenvalue weighted by Crippen LogP contribution is -2.52. The normalized spacial score (nSPS) is 14.8. The average molecular weight is 469 g/mol. The highest BCUT2D eigenvalue weighted by Gasteiger charge is 2.35. The van der Waals surface area contributed by atoms with Crippen LogP contribution in [0.5, 0.6) is 17.2 Å². The van der Waals surface area contributed by atoms with Gasteiger partial charge in [-0.05, 0) is 73.5 Å². The van der Waals surface area contributed by atoms with Crippen LogP contribution in [0.3, 0.4) is 0 Å². The Morgan fingerprint density at radius 1 is 0.914 bits per heavy atom. The molecule has 7 nitrogen and oxygen atoms in total. The first kappa shape index (κ1) is 22.7. The Kier molecular flexibility index (Phi) is 6.50. The first-order valence-corrected chi connectivity index (χ1v) is 11.7. The molecule has 0 spiro atoms. The predicted octanol–water partition coefficient (Wildman–Crippen LogP) is 4.89. The second-order valence-electron chi connectivity index (χ2n) is 8.66. The van der Waals surface area contributed by atoms with E-state index in [9.17, 15) is 4.79 Å². The molecule has 1 saturated heterocycles. The summed E-state index contributed by atoms with van der Waals surface area (Å²) < 4.78 is 11.2. The summed E-state index contributed by atoms with van der Waals surface area (Å²) in [5, 5.41) is 13.6. The van der Waals surface area contributed by atoms with Crippen LogP contribution in [0.1, 0.15) is 28.8 Å². The van der Waals surface area contributed by atoms with E-state index >= 15 is 0 Å². The van der Waals surface area contributed by atoms with Gasteiger partial charge in [-0.1, -0.05) is 30.3 Å². The lowest BCUT2D eigenvalue weighted by atomic mass is 9.80. The van der Waals surface area contributed by atoms with E-state index in [1.165, 1.54) is 0 Å². The fraction of sp³-hybridized carbons (Fsp3) is 0.214. The van der Waals surface area contributed by atoms with E-state index in [0.29, 0.717) is 17.1 Å². The van der Waals surface area contributed by atoms with Crippen molar-refractivity contribution in [1.82, 2.24) is 20.8 Å². The lowest BCUT2D eigenvalue weighted by Gasteiger charge is -2.39. The van der Waals surface area contributed by atoms with Crippen LogP contribution >= 0.6 is 0 Å². The molecule has 3 N–H and O–H groups in total. The van der Waals surface area contributed by atoms with Crippen molar-refractivity contribution in [2.45, 2.75) is 18.4 Å². The minimum Gasteiger partial charge on any atom is -0.497 e. The van der Waals surface area contributed by atoms with Crippen LogP contribution in [0, 0.1) is 0 Å². The van der Waals surface area contributed by atoms with Crippen LogP contribution in [0.2, 0.25) is 0 Å². The SMILES string of the molecule is COc1cccc(Oc2ccc(C(=O)NC3(c4ccc(-c5cn[nH]c5)cc4)CCNCC3)cc2)c1. The molecule has 178 valence electrons. The van der Waals surface area contributed by atoms with E-state index in [0.717, 1.165) is 48.4 Å². The molecular formula is C28H28N4O3. The molecule has 1 aromatic heterocycles. The number of carbonyl (C=O) groups is 1. The first-order chi connectivity index (χ1) is 17.1. The standard InChI is InChI=1S/C28H28N4O3/c1-34-25-3-2-4-26(17-25)35-24-11-7-21(8-12-24)27(33)32-28(13-15-29-16-14-28)23-9-5-20(6-10-23)22-18-30-31-19-22/h2-12,17-19,29H,13-16H2,1H3,(H,30,31)(H,32,33). The number of aromatic nitrogens is 2. The third-order valence-corrected chi connectivity index (χ3v) is 6.47. The molecule has 1 aliphatic rings. The second kappa shape index (κ2) is 10.0. The molecule has 3 aromatic carbocycles. The molecule has 7 heteroatoms. The number of benzene rings is 3. The number of nitrogens with one attached hydrogen (secondary N) is 3. The number of amides is 1. The van der Waals surface area contributed by atoms with Gasteiger partial charge in [-0.25, -0.2) is 0 Å². The Labute approximate surface area is 204 Å². The summed E-state index contributed by atoms with van der Waals surface area (Å²) in [6, 6.07) is 23.0. The van der Waals surface area contributed by atoms with Gasteiger partial charge in [0.2, 0.25) is 0 Å². The zero-order valence-corrected chi connectivity index (χ0v) is 19.6. The van der Waals surface area contributed by atoms with Crippen molar-refractivity contribution in [3.63, 3.8) is 0 Å². The topological polar surface area (TPSA) is 88.3 Å². The smallest absolute Gasteiger partial charge is 0.251 e. The van der Waals surface area contributed by atoms with Crippen LogP contribution in [-0.4, -0.2) is 36.3 Å². The van der Waals surface area contributed by atoms with Crippen LogP contribution in [0.4, 0.5) is 0 Å². The third-order valence-electron chi connectivity index (χ3n) is 6.47. The lowest BCUT2D eigenvalue weighted by molar-refractivity contribution is 0.0872. The van der Waals surface area contributed by atoms with Crippen molar-refractivity contribution in [2.75, 3.05) is 20.2 Å². The summed E-state index contributed by atoms with van der Waals surface area (Å²) in [5.74, 6) is 1.96. The van der Waals surface area contributed by atoms with Crippen molar-refractivity contribution >= 4 is 5.91 Å². The minimum absolute atomic E-state index is 0.0984. The number of H-pyrrole nitrogens is 1. The van der Waals surface area contributed by atoms with Crippen molar-refractivity contribution in [3.8, 4) is 28.4 Å². The number of nitrogens with zero attached hydrogens (tertiary/aromatic N) is 1. The predicted molar refractivity (Wildman–Crippen MR) is 135 cm³/mol. The van der Waals surface area contributed by atoms with E-state index < -0.39 is 5.54 Å². The van der Waals surface area contributed by atoms with Gasteiger partial charge in [0.25, 0.3) is 5.91 Å². The van der Waals surface area contributed by atoms with Crippen molar-refractivity contribution in [2.24, 2.45) is 0 Å². The maximum atomic E-state index is 13.3. The number of piperidine rings is 1. The van der Waals surface area contributed by atoms with Gasteiger partial charge < -0.3 is 20.1 Å². The summed E-state index contributed by atoms with van der Waals surface area (Å²) in [6.07, 6.45) is 5.32. The molecule has 0 radical (unpaired) electrons. The van der Waals surface area contributed by atoms with E-state index in [2.05, 4.69) is 45.1 Å². The molecule has 1 amide bonds. The molecular weight excluding hydrogens is 440 g/mol. The van der Waals surface area contributed by atoms with Gasteiger partial charge in [0.05, 0.1) is 18.8 Å². The van der Waals surface area contributed by atoms with E-state index in [1.807, 2.05) is 42.6 Å². The number of rotatable bonds is 7. The Bertz CT molecular complexity index is 1260. The summed E-state index contributed by atoms with van der Waals surface area (Å²) in [6.45, 7) is 1.69. The highest BCUT2D eigenvalue weighted by Crippen LogP contribution is 2.33. The van der Waals surface area contributed by atoms with Crippen LogP contribution in [-0.2, 0) is 5.54 Å². The zero-order chi connectivity index (χ0) is 24.1. The molecule has 35 heavy (non-hydrogen) atoms. The number of hydrogen-bond donors (Lipinski definition) is 3. The van der Waals surface area contributed by atoms with Gasteiger partial charge in [-0.3, -0.25) is 9.89 Å². The Hall–Kier alpha value is -4.10. The molecule has 0 aliphatic carbocycles. The largest absolute Gasteiger partial charge is 0.497 e. The molecule has 0 saturated carbocycles. The zero-order valence-electron chi connectivity index (χ0n) is 19.6. The second-order valence-corrected chi connectivity index (χ2v) is 8.66. The molecule has 4 aromatic rings. The molecule has 1 aliphatic heterocycles. The van der Waals surface area contributed by atoms with E-state index in [-0.39, 0.29) is 5.91 Å². The van der Waals surface area contributed by atoms with Crippen LogP contribution in [0.25, 0.3) is 11.1 Å². The van der Waals surface area contributed by atoms with Gasteiger partial charge in [0, 0.05) is 23.4 Å². The Balaban J connectivity index is 1.32. The average Bonchev–Trinajstić information content (AvgIpc) is 3.45. The minimum atomic E-state index is -0.424. The van der Waals surface area contributed by atoms with Crippen molar-refractivity contribution in [3.05, 3.63) is 96.3 Å². The maximum absolute atomic E-state index is 13.3. The molecule has 5 rings (SSSR count). The number of aromatic amines is 1. The Morgan fingerprint density at radius 3 is 2.34 bits per heavy atom.